The molecule has 0 bridgehead atoms. The van der Waals surface area contributed by atoms with E-state index in [4.69, 9.17) is 0 Å². The fourth-order valence-electron chi connectivity index (χ4n) is 2.97. The average molecular weight is 260 g/mol. The van der Waals surface area contributed by atoms with Crippen molar-refractivity contribution in [1.82, 2.24) is 0 Å². The highest BCUT2D eigenvalue weighted by Crippen LogP contribution is 2.28. The third kappa shape index (κ3) is 1.58. The van der Waals surface area contributed by atoms with Gasteiger partial charge < -0.3 is 0 Å². The molecule has 0 unspecified atom stereocenters. The molecule has 3 aromatic carbocycles. The Balaban J connectivity index is 2.05. The summed E-state index contributed by atoms with van der Waals surface area (Å²) in [6, 6.07) is 16.3. The van der Waals surface area contributed by atoms with E-state index < -0.39 is 0 Å². The van der Waals surface area contributed by atoms with Crippen molar-refractivity contribution in [1.29, 1.82) is 0 Å². The molecule has 0 fully saturated rings. The predicted molar refractivity (Wildman–Crippen MR) is 79.1 cm³/mol. The number of carbonyl (C=O) groups is 2. The predicted octanol–water partition coefficient (Wildman–Crippen LogP) is 3.69. The Hall–Kier alpha value is -2.48. The number of rotatable bonds is 0. The first-order chi connectivity index (χ1) is 9.72. The molecule has 1 aliphatic carbocycles. The van der Waals surface area contributed by atoms with Gasteiger partial charge in [0.05, 0.1) is 0 Å². The lowest BCUT2D eigenvalue weighted by atomic mass is 9.87. The van der Waals surface area contributed by atoms with Crippen LogP contribution >= 0.6 is 0 Å². The summed E-state index contributed by atoms with van der Waals surface area (Å²) in [5.41, 5.74) is 1.58. The lowest BCUT2D eigenvalue weighted by Gasteiger charge is -2.15. The van der Waals surface area contributed by atoms with Gasteiger partial charge in [0.25, 0.3) is 0 Å². The Kier molecular flexibility index (Phi) is 2.27. The lowest BCUT2D eigenvalue weighted by Crippen LogP contribution is -2.21. The number of ketones is 2. The summed E-state index contributed by atoms with van der Waals surface area (Å²) < 4.78 is 0. The number of fused-ring (bicyclic) bond motifs is 3. The molecule has 4 rings (SSSR count). The molecule has 0 amide bonds. The van der Waals surface area contributed by atoms with Gasteiger partial charge in [-0.1, -0.05) is 30.3 Å². The second-order valence-electron chi connectivity index (χ2n) is 5.31. The van der Waals surface area contributed by atoms with E-state index in [1.807, 2.05) is 18.2 Å². The topological polar surface area (TPSA) is 34.1 Å². The van der Waals surface area contributed by atoms with Crippen molar-refractivity contribution in [2.75, 3.05) is 0 Å². The van der Waals surface area contributed by atoms with Gasteiger partial charge in [-0.3, -0.25) is 9.59 Å². The van der Waals surface area contributed by atoms with Crippen LogP contribution in [0.25, 0.3) is 21.5 Å². The molecule has 0 radical (unpaired) electrons. The van der Waals surface area contributed by atoms with Crippen molar-refractivity contribution >= 4 is 33.1 Å². The fraction of sp³-hybridized carbons (Fsp3) is 0.111. The second-order valence-corrected chi connectivity index (χ2v) is 5.31. The van der Waals surface area contributed by atoms with E-state index in [0.717, 1.165) is 21.7 Å². The van der Waals surface area contributed by atoms with Gasteiger partial charge in [0.15, 0.2) is 0 Å². The van der Waals surface area contributed by atoms with Crippen LogP contribution in [0.15, 0.2) is 48.5 Å². The van der Waals surface area contributed by atoms with E-state index >= 15 is 0 Å². The molecule has 2 heteroatoms. The second kappa shape index (κ2) is 4.01. The van der Waals surface area contributed by atoms with Crippen LogP contribution in [0.3, 0.4) is 0 Å². The zero-order chi connectivity index (χ0) is 13.7. The fourth-order valence-corrected chi connectivity index (χ4v) is 2.97. The van der Waals surface area contributed by atoms with Crippen LogP contribution in [0.5, 0.6) is 0 Å². The molecule has 1 aliphatic rings. The Morgan fingerprint density at radius 3 is 2.05 bits per heavy atom. The Labute approximate surface area is 116 Å². The third-order valence-electron chi connectivity index (χ3n) is 4.05. The Morgan fingerprint density at radius 2 is 1.35 bits per heavy atom. The van der Waals surface area contributed by atoms with E-state index in [2.05, 4.69) is 30.3 Å². The minimum atomic E-state index is -0.332. The zero-order valence-corrected chi connectivity index (χ0v) is 10.8. The monoisotopic (exact) mass is 260 g/mol. The van der Waals surface area contributed by atoms with Gasteiger partial charge in [0.2, 0.25) is 11.6 Å². The van der Waals surface area contributed by atoms with Crippen molar-refractivity contribution in [2.45, 2.75) is 12.8 Å². The van der Waals surface area contributed by atoms with E-state index in [9.17, 15) is 9.59 Å². The summed E-state index contributed by atoms with van der Waals surface area (Å²) in [7, 11) is 0. The molecule has 0 atom stereocenters. The summed E-state index contributed by atoms with van der Waals surface area (Å²) >= 11 is 0. The smallest absolute Gasteiger partial charge is 0.228 e. The molecule has 0 heterocycles. The van der Waals surface area contributed by atoms with Crippen molar-refractivity contribution in [2.24, 2.45) is 0 Å². The number of carbonyl (C=O) groups excluding carboxylic acids is 2. The van der Waals surface area contributed by atoms with Crippen LogP contribution in [-0.4, -0.2) is 11.6 Å². The van der Waals surface area contributed by atoms with Crippen LogP contribution in [0, 0.1) is 0 Å². The van der Waals surface area contributed by atoms with Crippen molar-refractivity contribution in [3.05, 3.63) is 59.7 Å². The van der Waals surface area contributed by atoms with Crippen LogP contribution < -0.4 is 0 Å². The van der Waals surface area contributed by atoms with Gasteiger partial charge in [-0.05, 0) is 51.7 Å². The molecular weight excluding hydrogens is 248 g/mol. The number of Topliss-reactive ketones (excluding diaryl/α,β-unsaturated/α-hetero) is 2. The number of hydrogen-bond acceptors (Lipinski definition) is 2. The minimum Gasteiger partial charge on any atom is -0.290 e. The summed E-state index contributed by atoms with van der Waals surface area (Å²) in [6.45, 7) is 0. The average Bonchev–Trinajstić information content (AvgIpc) is 2.47. The molecule has 96 valence electrons. The van der Waals surface area contributed by atoms with Crippen molar-refractivity contribution in [3.63, 3.8) is 0 Å². The van der Waals surface area contributed by atoms with Crippen LogP contribution in [0.1, 0.15) is 22.3 Å². The van der Waals surface area contributed by atoms with E-state index in [1.54, 1.807) is 0 Å². The van der Waals surface area contributed by atoms with Crippen LogP contribution in [-0.2, 0) is 11.2 Å². The van der Waals surface area contributed by atoms with Crippen molar-refractivity contribution < 1.29 is 9.59 Å². The number of hydrogen-bond donors (Lipinski definition) is 0. The SMILES string of the molecule is O=C1CCc2cc3cc4ccccc4cc3cc2C1=O. The Bertz CT molecular complexity index is 890. The van der Waals surface area contributed by atoms with Gasteiger partial charge in [0.1, 0.15) is 0 Å². The minimum absolute atomic E-state index is 0.266. The van der Waals surface area contributed by atoms with Gasteiger partial charge in [-0.2, -0.15) is 0 Å². The van der Waals surface area contributed by atoms with Gasteiger partial charge in [0, 0.05) is 12.0 Å². The molecule has 0 N–H and O–H groups in total. The van der Waals surface area contributed by atoms with Gasteiger partial charge in [-0.15, -0.1) is 0 Å². The highest BCUT2D eigenvalue weighted by molar-refractivity contribution is 6.45. The highest BCUT2D eigenvalue weighted by Gasteiger charge is 2.25. The van der Waals surface area contributed by atoms with E-state index in [1.165, 1.54) is 5.39 Å². The number of benzene rings is 3. The van der Waals surface area contributed by atoms with E-state index in [0.29, 0.717) is 18.4 Å². The molecule has 0 saturated carbocycles. The third-order valence-corrected chi connectivity index (χ3v) is 4.05. The summed E-state index contributed by atoms with van der Waals surface area (Å²) in [5.74, 6) is -0.598. The normalized spacial score (nSPS) is 14.8. The maximum absolute atomic E-state index is 12.0. The number of aryl methyl sites for hydroxylation is 1. The molecule has 20 heavy (non-hydrogen) atoms. The standard InChI is InChI=1S/C18H12O2/c19-17-6-5-13-9-14-7-11-3-1-2-4-12(11)8-15(14)10-16(13)18(17)20/h1-4,7-10H,5-6H2. The molecule has 0 aliphatic heterocycles. The quantitative estimate of drug-likeness (QED) is 0.456. The van der Waals surface area contributed by atoms with Gasteiger partial charge >= 0.3 is 0 Å². The summed E-state index contributed by atoms with van der Waals surface area (Å²) in [5, 5.41) is 4.49. The zero-order valence-electron chi connectivity index (χ0n) is 10.8. The first-order valence-electron chi connectivity index (χ1n) is 6.75. The highest BCUT2D eigenvalue weighted by atomic mass is 16.2. The maximum atomic E-state index is 12.0. The molecule has 2 nitrogen and oxygen atoms in total. The molecule has 0 spiro atoms. The maximum Gasteiger partial charge on any atom is 0.228 e. The molecule has 0 aromatic heterocycles. The van der Waals surface area contributed by atoms with Crippen LogP contribution in [0.2, 0.25) is 0 Å². The van der Waals surface area contributed by atoms with E-state index in [-0.39, 0.29) is 11.6 Å². The van der Waals surface area contributed by atoms with Crippen molar-refractivity contribution in [3.8, 4) is 0 Å². The Morgan fingerprint density at radius 1 is 0.700 bits per heavy atom. The summed E-state index contributed by atoms with van der Waals surface area (Å²) in [4.78, 5) is 23.5. The molecule has 3 aromatic rings. The first kappa shape index (κ1) is 11.4. The largest absolute Gasteiger partial charge is 0.290 e. The first-order valence-corrected chi connectivity index (χ1v) is 6.75. The lowest BCUT2D eigenvalue weighted by molar-refractivity contribution is -0.115. The molecule has 0 saturated heterocycles. The van der Waals surface area contributed by atoms with Gasteiger partial charge in [-0.25, -0.2) is 0 Å². The molecular formula is C18H12O2. The van der Waals surface area contributed by atoms with Crippen LogP contribution in [0.4, 0.5) is 0 Å². The summed E-state index contributed by atoms with van der Waals surface area (Å²) in [6.07, 6.45) is 1.01.